The largest absolute Gasteiger partial charge is 0.355 e. The van der Waals surface area contributed by atoms with Gasteiger partial charge in [-0.05, 0) is 72.5 Å². The summed E-state index contributed by atoms with van der Waals surface area (Å²) in [5.74, 6) is -0.405. The van der Waals surface area contributed by atoms with Gasteiger partial charge in [-0.25, -0.2) is 0 Å². The van der Waals surface area contributed by atoms with Gasteiger partial charge in [0.2, 0.25) is 11.8 Å². The molecule has 0 saturated carbocycles. The second kappa shape index (κ2) is 8.83. The SMILES string of the molecule is CCN(C(=O)C(C)(C)C(=O)NCCCN(C)C)c1cccc(C)c1. The Balaban J connectivity index is 2.79. The van der Waals surface area contributed by atoms with Gasteiger partial charge in [-0.1, -0.05) is 12.1 Å². The van der Waals surface area contributed by atoms with Gasteiger partial charge in [0.1, 0.15) is 5.41 Å². The van der Waals surface area contributed by atoms with E-state index in [1.807, 2.05) is 52.2 Å². The number of carbonyl (C=O) groups is 2. The van der Waals surface area contributed by atoms with Crippen LogP contribution in [0, 0.1) is 12.3 Å². The third-order valence-corrected chi connectivity index (χ3v) is 4.04. The van der Waals surface area contributed by atoms with Crippen LogP contribution >= 0.6 is 0 Å². The molecular formula is C19H31N3O2. The molecular weight excluding hydrogens is 302 g/mol. The fourth-order valence-electron chi connectivity index (χ4n) is 2.49. The Morgan fingerprint density at radius 1 is 1.21 bits per heavy atom. The predicted octanol–water partition coefficient (Wildman–Crippen LogP) is 2.44. The lowest BCUT2D eigenvalue weighted by Crippen LogP contribution is -2.50. The Morgan fingerprint density at radius 2 is 1.88 bits per heavy atom. The zero-order chi connectivity index (χ0) is 18.3. The van der Waals surface area contributed by atoms with Gasteiger partial charge in [-0.3, -0.25) is 9.59 Å². The van der Waals surface area contributed by atoms with E-state index in [1.165, 1.54) is 0 Å². The normalized spacial score (nSPS) is 11.5. The standard InChI is InChI=1S/C19H31N3O2/c1-7-22(16-11-8-10-15(2)14-16)18(24)19(3,4)17(23)20-12-9-13-21(5)6/h8,10-11,14H,7,9,12-13H2,1-6H3,(H,20,23). The summed E-state index contributed by atoms with van der Waals surface area (Å²) in [7, 11) is 3.99. The summed E-state index contributed by atoms with van der Waals surface area (Å²) in [5, 5.41) is 2.89. The molecule has 1 rings (SSSR count). The third-order valence-electron chi connectivity index (χ3n) is 4.04. The minimum atomic E-state index is -1.10. The second-order valence-electron chi connectivity index (χ2n) is 6.93. The maximum absolute atomic E-state index is 12.9. The molecule has 0 aliphatic carbocycles. The summed E-state index contributed by atoms with van der Waals surface area (Å²) in [6.07, 6.45) is 0.860. The number of amides is 2. The molecule has 5 nitrogen and oxygen atoms in total. The quantitative estimate of drug-likeness (QED) is 0.587. The summed E-state index contributed by atoms with van der Waals surface area (Å²) in [6, 6.07) is 7.78. The van der Waals surface area contributed by atoms with Crippen molar-refractivity contribution in [3.05, 3.63) is 29.8 Å². The van der Waals surface area contributed by atoms with Crippen molar-refractivity contribution >= 4 is 17.5 Å². The topological polar surface area (TPSA) is 52.7 Å². The molecule has 0 bridgehead atoms. The van der Waals surface area contributed by atoms with Crippen LogP contribution in [0.4, 0.5) is 5.69 Å². The predicted molar refractivity (Wildman–Crippen MR) is 99.2 cm³/mol. The van der Waals surface area contributed by atoms with Crippen LogP contribution in [0.15, 0.2) is 24.3 Å². The molecule has 2 amide bonds. The maximum Gasteiger partial charge on any atom is 0.242 e. The van der Waals surface area contributed by atoms with Gasteiger partial charge in [0.25, 0.3) is 0 Å². The van der Waals surface area contributed by atoms with E-state index in [-0.39, 0.29) is 11.8 Å². The van der Waals surface area contributed by atoms with Crippen molar-refractivity contribution < 1.29 is 9.59 Å². The van der Waals surface area contributed by atoms with Crippen LogP contribution in [0.5, 0.6) is 0 Å². The van der Waals surface area contributed by atoms with Gasteiger partial charge in [0.15, 0.2) is 0 Å². The number of rotatable bonds is 8. The Morgan fingerprint density at radius 3 is 2.42 bits per heavy atom. The average molecular weight is 333 g/mol. The van der Waals surface area contributed by atoms with Crippen LogP contribution in [0.2, 0.25) is 0 Å². The molecule has 5 heteroatoms. The first-order chi connectivity index (χ1) is 11.2. The summed E-state index contributed by atoms with van der Waals surface area (Å²) >= 11 is 0. The highest BCUT2D eigenvalue weighted by Gasteiger charge is 2.39. The number of hydrogen-bond donors (Lipinski definition) is 1. The molecule has 0 aliphatic rings. The van der Waals surface area contributed by atoms with Gasteiger partial charge in [-0.15, -0.1) is 0 Å². The second-order valence-corrected chi connectivity index (χ2v) is 6.93. The van der Waals surface area contributed by atoms with Crippen LogP contribution in [-0.4, -0.2) is 50.4 Å². The molecule has 134 valence electrons. The number of benzene rings is 1. The zero-order valence-electron chi connectivity index (χ0n) is 15.8. The van der Waals surface area contributed by atoms with E-state index >= 15 is 0 Å². The molecule has 0 radical (unpaired) electrons. The molecule has 1 N–H and O–H groups in total. The van der Waals surface area contributed by atoms with Gasteiger partial charge >= 0.3 is 0 Å². The Labute approximate surface area is 146 Å². The number of aryl methyl sites for hydroxylation is 1. The van der Waals surface area contributed by atoms with E-state index in [1.54, 1.807) is 18.7 Å². The molecule has 0 spiro atoms. The summed E-state index contributed by atoms with van der Waals surface area (Å²) in [6.45, 7) is 9.29. The molecule has 0 aliphatic heterocycles. The summed E-state index contributed by atoms with van der Waals surface area (Å²) < 4.78 is 0. The minimum absolute atomic E-state index is 0.180. The van der Waals surface area contributed by atoms with E-state index in [2.05, 4.69) is 10.2 Å². The Bertz CT molecular complexity index is 567. The highest BCUT2D eigenvalue weighted by atomic mass is 16.2. The van der Waals surface area contributed by atoms with Crippen LogP contribution in [0.25, 0.3) is 0 Å². The van der Waals surface area contributed by atoms with E-state index < -0.39 is 5.41 Å². The smallest absolute Gasteiger partial charge is 0.242 e. The first-order valence-electron chi connectivity index (χ1n) is 8.51. The lowest BCUT2D eigenvalue weighted by atomic mass is 9.90. The van der Waals surface area contributed by atoms with Crippen LogP contribution < -0.4 is 10.2 Å². The number of hydrogen-bond acceptors (Lipinski definition) is 3. The lowest BCUT2D eigenvalue weighted by Gasteiger charge is -2.30. The number of nitrogens with one attached hydrogen (secondary N) is 1. The highest BCUT2D eigenvalue weighted by molar-refractivity contribution is 6.11. The summed E-state index contributed by atoms with van der Waals surface area (Å²) in [5.41, 5.74) is 0.818. The van der Waals surface area contributed by atoms with E-state index in [0.29, 0.717) is 13.1 Å². The Hall–Kier alpha value is -1.88. The maximum atomic E-state index is 12.9. The molecule has 0 atom stereocenters. The van der Waals surface area contributed by atoms with E-state index in [9.17, 15) is 9.59 Å². The van der Waals surface area contributed by atoms with Crippen molar-refractivity contribution in [3.8, 4) is 0 Å². The zero-order valence-corrected chi connectivity index (χ0v) is 15.8. The molecule has 0 fully saturated rings. The highest BCUT2D eigenvalue weighted by Crippen LogP contribution is 2.24. The van der Waals surface area contributed by atoms with Crippen molar-refractivity contribution in [2.75, 3.05) is 38.6 Å². The van der Waals surface area contributed by atoms with Crippen molar-refractivity contribution in [1.29, 1.82) is 0 Å². The molecule has 1 aromatic rings. The number of carbonyl (C=O) groups excluding carboxylic acids is 2. The monoisotopic (exact) mass is 333 g/mol. The van der Waals surface area contributed by atoms with Crippen molar-refractivity contribution in [3.63, 3.8) is 0 Å². The van der Waals surface area contributed by atoms with Gasteiger partial charge in [-0.2, -0.15) is 0 Å². The fraction of sp³-hybridized carbons (Fsp3) is 0.579. The molecule has 0 unspecified atom stereocenters. The summed E-state index contributed by atoms with van der Waals surface area (Å²) in [4.78, 5) is 29.2. The molecule has 0 saturated heterocycles. The van der Waals surface area contributed by atoms with Gasteiger partial charge in [0, 0.05) is 18.8 Å². The minimum Gasteiger partial charge on any atom is -0.355 e. The lowest BCUT2D eigenvalue weighted by molar-refractivity contribution is -0.139. The van der Waals surface area contributed by atoms with Crippen LogP contribution in [-0.2, 0) is 9.59 Å². The molecule has 24 heavy (non-hydrogen) atoms. The van der Waals surface area contributed by atoms with Crippen molar-refractivity contribution in [1.82, 2.24) is 10.2 Å². The van der Waals surface area contributed by atoms with Crippen LogP contribution in [0.1, 0.15) is 32.8 Å². The van der Waals surface area contributed by atoms with Crippen LogP contribution in [0.3, 0.4) is 0 Å². The average Bonchev–Trinajstić information content (AvgIpc) is 2.51. The molecule has 0 heterocycles. The Kier molecular flexibility index (Phi) is 7.42. The first kappa shape index (κ1) is 20.2. The van der Waals surface area contributed by atoms with Gasteiger partial charge < -0.3 is 15.1 Å². The molecule has 1 aromatic carbocycles. The van der Waals surface area contributed by atoms with Crippen molar-refractivity contribution in [2.24, 2.45) is 5.41 Å². The van der Waals surface area contributed by atoms with E-state index in [4.69, 9.17) is 0 Å². The number of anilines is 1. The van der Waals surface area contributed by atoms with E-state index in [0.717, 1.165) is 24.2 Å². The molecule has 0 aromatic heterocycles. The fourth-order valence-corrected chi connectivity index (χ4v) is 2.49. The third kappa shape index (κ3) is 5.34. The first-order valence-corrected chi connectivity index (χ1v) is 8.51. The van der Waals surface area contributed by atoms with Crippen molar-refractivity contribution in [2.45, 2.75) is 34.1 Å². The van der Waals surface area contributed by atoms with Gasteiger partial charge in [0.05, 0.1) is 0 Å². The number of nitrogens with zero attached hydrogens (tertiary/aromatic N) is 2.